The van der Waals surface area contributed by atoms with Crippen molar-refractivity contribution in [3.05, 3.63) is 64.2 Å². The Morgan fingerprint density at radius 1 is 1.00 bits per heavy atom. The van der Waals surface area contributed by atoms with Crippen LogP contribution in [0.1, 0.15) is 51.9 Å². The van der Waals surface area contributed by atoms with Gasteiger partial charge in [-0.25, -0.2) is 0 Å². The first-order valence-electron chi connectivity index (χ1n) is 11.7. The monoisotopic (exact) mass is 421 g/mol. The summed E-state index contributed by atoms with van der Waals surface area (Å²) in [4.78, 5) is 14.6. The van der Waals surface area contributed by atoms with E-state index in [0.717, 1.165) is 56.1 Å². The Balaban J connectivity index is 1.23. The van der Waals surface area contributed by atoms with Crippen LogP contribution in [-0.2, 0) is 24.0 Å². The quantitative estimate of drug-likeness (QED) is 0.553. The van der Waals surface area contributed by atoms with Crippen molar-refractivity contribution in [1.29, 1.82) is 0 Å². The first-order chi connectivity index (χ1) is 15.1. The number of nitrogens with zero attached hydrogens (tertiary/aromatic N) is 1. The Kier molecular flexibility index (Phi) is 7.41. The van der Waals surface area contributed by atoms with E-state index in [0.29, 0.717) is 25.4 Å². The number of piperidine rings is 1. The molecule has 0 spiro atoms. The second-order valence-electron chi connectivity index (χ2n) is 9.09. The number of fused-ring (bicyclic) bond motifs is 1. The van der Waals surface area contributed by atoms with Gasteiger partial charge in [0.05, 0.1) is 6.61 Å². The minimum absolute atomic E-state index is 0.320. The molecular formula is C27H35NO3. The number of likely N-dealkylation sites (tertiary alicyclic amines) is 1. The Hall–Kier alpha value is -2.17. The zero-order valence-electron chi connectivity index (χ0n) is 19.0. The SMILES string of the molecule is COCCOc1cc(CC2CCN(CCc3ccc4c(c3)C(=O)CC4)CC2)ccc1C. The van der Waals surface area contributed by atoms with Crippen molar-refractivity contribution in [2.24, 2.45) is 5.92 Å². The van der Waals surface area contributed by atoms with Crippen LogP contribution >= 0.6 is 0 Å². The van der Waals surface area contributed by atoms with E-state index in [1.165, 1.54) is 35.1 Å². The van der Waals surface area contributed by atoms with E-state index in [9.17, 15) is 4.79 Å². The summed E-state index contributed by atoms with van der Waals surface area (Å²) in [5, 5.41) is 0. The molecule has 31 heavy (non-hydrogen) atoms. The van der Waals surface area contributed by atoms with Crippen LogP contribution < -0.4 is 4.74 Å². The summed E-state index contributed by atoms with van der Waals surface area (Å²) in [6, 6.07) is 13.2. The van der Waals surface area contributed by atoms with Crippen LogP contribution in [0.4, 0.5) is 0 Å². The third-order valence-corrected chi connectivity index (χ3v) is 6.84. The summed E-state index contributed by atoms with van der Waals surface area (Å²) < 4.78 is 11.0. The average molecular weight is 422 g/mol. The van der Waals surface area contributed by atoms with Gasteiger partial charge in [-0.1, -0.05) is 24.3 Å². The fourth-order valence-electron chi connectivity index (χ4n) is 4.84. The van der Waals surface area contributed by atoms with Crippen LogP contribution in [0, 0.1) is 12.8 Å². The van der Waals surface area contributed by atoms with Crippen LogP contribution in [0.3, 0.4) is 0 Å². The Labute approximate surface area is 186 Å². The molecule has 2 aromatic carbocycles. The van der Waals surface area contributed by atoms with Crippen molar-refractivity contribution in [1.82, 2.24) is 4.90 Å². The fourth-order valence-corrected chi connectivity index (χ4v) is 4.84. The Bertz CT molecular complexity index is 899. The Morgan fingerprint density at radius 2 is 1.81 bits per heavy atom. The maximum Gasteiger partial charge on any atom is 0.163 e. The largest absolute Gasteiger partial charge is 0.491 e. The maximum atomic E-state index is 12.0. The molecule has 1 heterocycles. The van der Waals surface area contributed by atoms with E-state index >= 15 is 0 Å². The maximum absolute atomic E-state index is 12.0. The number of ketones is 1. The summed E-state index contributed by atoms with van der Waals surface area (Å²) in [6.45, 7) is 6.72. The summed E-state index contributed by atoms with van der Waals surface area (Å²) in [5.41, 5.74) is 6.07. The number of rotatable bonds is 9. The zero-order valence-corrected chi connectivity index (χ0v) is 19.0. The lowest BCUT2D eigenvalue weighted by Crippen LogP contribution is -2.35. The number of hydrogen-bond acceptors (Lipinski definition) is 4. The molecule has 1 aliphatic heterocycles. The predicted octanol–water partition coefficient (Wildman–Crippen LogP) is 4.65. The highest BCUT2D eigenvalue weighted by Crippen LogP contribution is 2.27. The van der Waals surface area contributed by atoms with Crippen molar-refractivity contribution >= 4 is 5.78 Å². The molecule has 2 aliphatic rings. The summed E-state index contributed by atoms with van der Waals surface area (Å²) >= 11 is 0. The van der Waals surface area contributed by atoms with Crippen molar-refractivity contribution < 1.29 is 14.3 Å². The van der Waals surface area contributed by atoms with Gasteiger partial charge in [-0.2, -0.15) is 0 Å². The molecule has 4 nitrogen and oxygen atoms in total. The number of aryl methyl sites for hydroxylation is 2. The second-order valence-corrected chi connectivity index (χ2v) is 9.09. The standard InChI is InChI=1S/C27H35NO3/c1-20-3-4-23(19-27(20)31-16-15-30-2)17-22-10-13-28(14-11-22)12-9-21-5-6-24-7-8-26(29)25(24)18-21/h3-6,18-19,22H,7-17H2,1-2H3. The highest BCUT2D eigenvalue weighted by molar-refractivity contribution is 6.00. The van der Waals surface area contributed by atoms with E-state index in [-0.39, 0.29) is 0 Å². The van der Waals surface area contributed by atoms with Crippen molar-refractivity contribution in [2.45, 2.75) is 45.4 Å². The molecule has 1 fully saturated rings. The molecule has 4 heteroatoms. The highest BCUT2D eigenvalue weighted by atomic mass is 16.5. The van der Waals surface area contributed by atoms with Gasteiger partial charge in [0.25, 0.3) is 0 Å². The number of benzene rings is 2. The molecule has 0 radical (unpaired) electrons. The predicted molar refractivity (Wildman–Crippen MR) is 124 cm³/mol. The second kappa shape index (κ2) is 10.4. The van der Waals surface area contributed by atoms with Crippen molar-refractivity contribution in [3.63, 3.8) is 0 Å². The van der Waals surface area contributed by atoms with E-state index in [2.05, 4.69) is 48.2 Å². The van der Waals surface area contributed by atoms with E-state index in [1.807, 2.05) is 0 Å². The summed E-state index contributed by atoms with van der Waals surface area (Å²) in [7, 11) is 1.70. The van der Waals surface area contributed by atoms with E-state index < -0.39 is 0 Å². The lowest BCUT2D eigenvalue weighted by atomic mass is 9.89. The van der Waals surface area contributed by atoms with Crippen LogP contribution in [0.5, 0.6) is 5.75 Å². The van der Waals surface area contributed by atoms with Gasteiger partial charge < -0.3 is 14.4 Å². The molecule has 0 amide bonds. The lowest BCUT2D eigenvalue weighted by molar-refractivity contribution is 0.0994. The minimum atomic E-state index is 0.320. The molecule has 166 valence electrons. The van der Waals surface area contributed by atoms with Gasteiger partial charge >= 0.3 is 0 Å². The summed E-state index contributed by atoms with van der Waals surface area (Å²) in [6.07, 6.45) is 6.26. The molecule has 0 bridgehead atoms. The van der Waals surface area contributed by atoms with E-state index in [4.69, 9.17) is 9.47 Å². The topological polar surface area (TPSA) is 38.8 Å². The molecule has 4 rings (SSSR count). The van der Waals surface area contributed by atoms with Crippen LogP contribution in [0.15, 0.2) is 36.4 Å². The number of Topliss-reactive ketones (excluding diaryl/α,β-unsaturated/α-hetero) is 1. The average Bonchev–Trinajstić information content (AvgIpc) is 3.16. The van der Waals surface area contributed by atoms with Crippen molar-refractivity contribution in [3.8, 4) is 5.75 Å². The van der Waals surface area contributed by atoms with Gasteiger partial charge in [0, 0.05) is 25.6 Å². The number of methoxy groups -OCH3 is 1. The smallest absolute Gasteiger partial charge is 0.163 e. The van der Waals surface area contributed by atoms with Gasteiger partial charge in [0.15, 0.2) is 5.78 Å². The van der Waals surface area contributed by atoms with E-state index in [1.54, 1.807) is 7.11 Å². The Morgan fingerprint density at radius 3 is 2.61 bits per heavy atom. The van der Waals surface area contributed by atoms with Crippen LogP contribution in [0.25, 0.3) is 0 Å². The first-order valence-corrected chi connectivity index (χ1v) is 11.7. The number of ether oxygens (including phenoxy) is 2. The van der Waals surface area contributed by atoms with Gasteiger partial charge in [0.2, 0.25) is 0 Å². The van der Waals surface area contributed by atoms with Crippen molar-refractivity contribution in [2.75, 3.05) is 40.0 Å². The zero-order chi connectivity index (χ0) is 21.6. The molecule has 1 aliphatic carbocycles. The molecule has 0 atom stereocenters. The highest BCUT2D eigenvalue weighted by Gasteiger charge is 2.21. The van der Waals surface area contributed by atoms with Crippen LogP contribution in [-0.4, -0.2) is 50.6 Å². The van der Waals surface area contributed by atoms with Gasteiger partial charge in [-0.15, -0.1) is 0 Å². The molecule has 0 unspecified atom stereocenters. The molecular weight excluding hydrogens is 386 g/mol. The van der Waals surface area contributed by atoms with Crippen LogP contribution in [0.2, 0.25) is 0 Å². The number of hydrogen-bond donors (Lipinski definition) is 0. The van der Waals surface area contributed by atoms with Gasteiger partial charge in [-0.05, 0) is 92.4 Å². The molecule has 2 aromatic rings. The third-order valence-electron chi connectivity index (χ3n) is 6.84. The number of carbonyl (C=O) groups excluding carboxylic acids is 1. The molecule has 0 N–H and O–H groups in total. The summed E-state index contributed by atoms with van der Waals surface area (Å²) in [5.74, 6) is 2.05. The minimum Gasteiger partial charge on any atom is -0.491 e. The first kappa shape index (κ1) is 22.0. The molecule has 0 saturated carbocycles. The third kappa shape index (κ3) is 5.75. The number of carbonyl (C=O) groups is 1. The lowest BCUT2D eigenvalue weighted by Gasteiger charge is -2.32. The molecule has 1 saturated heterocycles. The fraction of sp³-hybridized carbons (Fsp3) is 0.519. The molecule has 0 aromatic heterocycles. The normalized spacial score (nSPS) is 17.2. The van der Waals surface area contributed by atoms with Gasteiger partial charge in [0.1, 0.15) is 12.4 Å². The van der Waals surface area contributed by atoms with Gasteiger partial charge in [-0.3, -0.25) is 4.79 Å².